The van der Waals surface area contributed by atoms with Crippen molar-refractivity contribution in [1.29, 1.82) is 0 Å². The van der Waals surface area contributed by atoms with E-state index in [2.05, 4.69) is 13.8 Å². The van der Waals surface area contributed by atoms with Crippen LogP contribution >= 0.6 is 11.8 Å². The van der Waals surface area contributed by atoms with Gasteiger partial charge in [-0.1, -0.05) is 19.9 Å². The van der Waals surface area contributed by atoms with E-state index >= 15 is 0 Å². The third kappa shape index (κ3) is 3.47. The van der Waals surface area contributed by atoms with Gasteiger partial charge in [0.2, 0.25) is 0 Å². The van der Waals surface area contributed by atoms with Gasteiger partial charge in [-0.2, -0.15) is 11.8 Å². The molecule has 0 amide bonds. The summed E-state index contributed by atoms with van der Waals surface area (Å²) in [5.74, 6) is -0.408. The molecule has 6 nitrogen and oxygen atoms in total. The minimum atomic E-state index is -1.27. The highest BCUT2D eigenvalue weighted by Gasteiger charge is 2.30. The van der Waals surface area contributed by atoms with E-state index in [1.807, 2.05) is 16.7 Å². The molecule has 0 radical (unpaired) electrons. The number of hydrogen-bond donors (Lipinski definition) is 1. The summed E-state index contributed by atoms with van der Waals surface area (Å²) in [5, 5.41) is 20.5. The number of nitro groups is 1. The maximum Gasteiger partial charge on any atom is 0.342 e. The predicted octanol–water partition coefficient (Wildman–Crippen LogP) is 3.01. The zero-order valence-corrected chi connectivity index (χ0v) is 12.9. The summed E-state index contributed by atoms with van der Waals surface area (Å²) in [6.45, 7) is 5.68. The Labute approximate surface area is 127 Å². The van der Waals surface area contributed by atoms with Crippen LogP contribution in [0.3, 0.4) is 0 Å². The molecule has 1 saturated heterocycles. The molecule has 0 atom stereocenters. The monoisotopic (exact) mass is 310 g/mol. The summed E-state index contributed by atoms with van der Waals surface area (Å²) < 4.78 is 0.133. The molecule has 1 aromatic rings. The molecule has 0 unspecified atom stereocenters. The Bertz CT molecular complexity index is 574. The van der Waals surface area contributed by atoms with Gasteiger partial charge in [-0.15, -0.1) is 0 Å². The van der Waals surface area contributed by atoms with Crippen LogP contribution in [0.1, 0.15) is 30.6 Å². The van der Waals surface area contributed by atoms with Crippen LogP contribution in [0.25, 0.3) is 0 Å². The minimum Gasteiger partial charge on any atom is -0.477 e. The normalized spacial score (nSPS) is 18.1. The molecular weight excluding hydrogens is 292 g/mol. The van der Waals surface area contributed by atoms with Crippen molar-refractivity contribution in [1.82, 2.24) is 0 Å². The topological polar surface area (TPSA) is 83.7 Å². The van der Waals surface area contributed by atoms with Gasteiger partial charge in [-0.3, -0.25) is 10.1 Å². The summed E-state index contributed by atoms with van der Waals surface area (Å²) in [6, 6.07) is 4.48. The Morgan fingerprint density at radius 2 is 2.14 bits per heavy atom. The third-order valence-corrected chi connectivity index (χ3v) is 4.98. The number of benzene rings is 1. The molecule has 21 heavy (non-hydrogen) atoms. The van der Waals surface area contributed by atoms with Crippen molar-refractivity contribution >= 4 is 29.1 Å². The molecule has 0 aromatic heterocycles. The van der Waals surface area contributed by atoms with Gasteiger partial charge in [-0.25, -0.2) is 4.79 Å². The predicted molar refractivity (Wildman–Crippen MR) is 83.4 cm³/mol. The number of carbonyl (C=O) groups is 1. The van der Waals surface area contributed by atoms with E-state index in [1.165, 1.54) is 6.07 Å². The molecule has 1 fully saturated rings. The Kier molecular flexibility index (Phi) is 4.41. The quantitative estimate of drug-likeness (QED) is 0.682. The maximum absolute atomic E-state index is 11.3. The SMILES string of the molecule is CC1(C)CCN(c2cccc(C(=O)O)c2[N+](=O)[O-])CCS1. The number of aromatic carboxylic acids is 1. The van der Waals surface area contributed by atoms with Crippen molar-refractivity contribution in [3.8, 4) is 0 Å². The highest BCUT2D eigenvalue weighted by Crippen LogP contribution is 2.36. The average molecular weight is 310 g/mol. The zero-order valence-electron chi connectivity index (χ0n) is 12.0. The Morgan fingerprint density at radius 3 is 2.76 bits per heavy atom. The van der Waals surface area contributed by atoms with Gasteiger partial charge in [0.1, 0.15) is 11.3 Å². The first kappa shape index (κ1) is 15.6. The van der Waals surface area contributed by atoms with Crippen LogP contribution in [-0.2, 0) is 0 Å². The van der Waals surface area contributed by atoms with Crippen LogP contribution in [0.4, 0.5) is 11.4 Å². The lowest BCUT2D eigenvalue weighted by Gasteiger charge is -2.24. The van der Waals surface area contributed by atoms with Crippen molar-refractivity contribution in [2.75, 3.05) is 23.7 Å². The second-order valence-electron chi connectivity index (χ2n) is 5.58. The van der Waals surface area contributed by atoms with Gasteiger partial charge >= 0.3 is 11.7 Å². The number of carboxylic acids is 1. The second-order valence-corrected chi connectivity index (χ2v) is 7.38. The smallest absolute Gasteiger partial charge is 0.342 e. The Hall–Kier alpha value is -1.76. The maximum atomic E-state index is 11.3. The molecule has 1 heterocycles. The first-order valence-electron chi connectivity index (χ1n) is 6.71. The number of anilines is 1. The lowest BCUT2D eigenvalue weighted by molar-refractivity contribution is -0.384. The van der Waals surface area contributed by atoms with Gasteiger partial charge in [0, 0.05) is 23.6 Å². The summed E-state index contributed by atoms with van der Waals surface area (Å²) >= 11 is 1.84. The summed E-state index contributed by atoms with van der Waals surface area (Å²) in [6.07, 6.45) is 0.895. The van der Waals surface area contributed by atoms with E-state index in [-0.39, 0.29) is 16.0 Å². The molecule has 114 valence electrons. The zero-order chi connectivity index (χ0) is 15.6. The van der Waals surface area contributed by atoms with E-state index in [1.54, 1.807) is 12.1 Å². The molecule has 0 aliphatic carbocycles. The lowest BCUT2D eigenvalue weighted by Crippen LogP contribution is -2.28. The van der Waals surface area contributed by atoms with Crippen molar-refractivity contribution in [3.05, 3.63) is 33.9 Å². The van der Waals surface area contributed by atoms with Gasteiger partial charge in [0.15, 0.2) is 0 Å². The van der Waals surface area contributed by atoms with Gasteiger partial charge in [0.25, 0.3) is 0 Å². The molecule has 0 bridgehead atoms. The Morgan fingerprint density at radius 1 is 1.43 bits per heavy atom. The van der Waals surface area contributed by atoms with Crippen molar-refractivity contribution in [3.63, 3.8) is 0 Å². The second kappa shape index (κ2) is 5.93. The van der Waals surface area contributed by atoms with E-state index < -0.39 is 10.9 Å². The van der Waals surface area contributed by atoms with Gasteiger partial charge in [0.05, 0.1) is 4.92 Å². The van der Waals surface area contributed by atoms with Crippen molar-refractivity contribution < 1.29 is 14.8 Å². The fourth-order valence-corrected chi connectivity index (χ4v) is 3.51. The number of hydrogen-bond acceptors (Lipinski definition) is 5. The molecule has 1 aromatic carbocycles. The number of nitro benzene ring substituents is 1. The largest absolute Gasteiger partial charge is 0.477 e. The average Bonchev–Trinajstić information content (AvgIpc) is 2.58. The number of nitrogens with zero attached hydrogens (tertiary/aromatic N) is 2. The van der Waals surface area contributed by atoms with Crippen LogP contribution in [0.5, 0.6) is 0 Å². The number of para-hydroxylation sites is 1. The van der Waals surface area contributed by atoms with E-state index in [0.717, 1.165) is 12.2 Å². The van der Waals surface area contributed by atoms with Crippen LogP contribution in [0.15, 0.2) is 18.2 Å². The van der Waals surface area contributed by atoms with Crippen LogP contribution in [0.2, 0.25) is 0 Å². The minimum absolute atomic E-state index is 0.133. The van der Waals surface area contributed by atoms with E-state index in [0.29, 0.717) is 18.8 Å². The molecule has 0 saturated carbocycles. The molecular formula is C14H18N2O4S. The highest BCUT2D eigenvalue weighted by molar-refractivity contribution is 8.00. The molecule has 1 aliphatic rings. The summed E-state index contributed by atoms with van der Waals surface area (Å²) in [5.41, 5.74) is -0.165. The highest BCUT2D eigenvalue weighted by atomic mass is 32.2. The molecule has 1 aliphatic heterocycles. The van der Waals surface area contributed by atoms with Gasteiger partial charge in [-0.05, 0) is 18.6 Å². The third-order valence-electron chi connectivity index (χ3n) is 3.61. The Balaban J connectivity index is 2.41. The van der Waals surface area contributed by atoms with E-state index in [4.69, 9.17) is 5.11 Å². The van der Waals surface area contributed by atoms with Crippen LogP contribution in [0, 0.1) is 10.1 Å². The van der Waals surface area contributed by atoms with Gasteiger partial charge < -0.3 is 10.0 Å². The molecule has 7 heteroatoms. The lowest BCUT2D eigenvalue weighted by atomic mass is 10.1. The van der Waals surface area contributed by atoms with Crippen LogP contribution in [-0.4, -0.2) is 39.6 Å². The first-order chi connectivity index (χ1) is 9.82. The fourth-order valence-electron chi connectivity index (χ4n) is 2.41. The number of thioether (sulfide) groups is 1. The number of rotatable bonds is 3. The number of carboxylic acid groups (broad SMARTS) is 1. The van der Waals surface area contributed by atoms with Crippen LogP contribution < -0.4 is 4.90 Å². The summed E-state index contributed by atoms with van der Waals surface area (Å²) in [4.78, 5) is 23.8. The fraction of sp³-hybridized carbons (Fsp3) is 0.500. The van der Waals surface area contributed by atoms with Crippen molar-refractivity contribution in [2.24, 2.45) is 0 Å². The van der Waals surface area contributed by atoms with Crippen molar-refractivity contribution in [2.45, 2.75) is 25.0 Å². The molecule has 1 N–H and O–H groups in total. The molecule has 0 spiro atoms. The molecule has 2 rings (SSSR count). The first-order valence-corrected chi connectivity index (χ1v) is 7.70. The summed E-state index contributed by atoms with van der Waals surface area (Å²) in [7, 11) is 0. The standard InChI is InChI=1S/C14H18N2O4S/c1-14(2)6-7-15(8-9-21-14)11-5-3-4-10(13(17)18)12(11)16(19)20/h3-5H,6-9H2,1-2H3,(H,17,18). The van der Waals surface area contributed by atoms with E-state index in [9.17, 15) is 14.9 Å².